The maximum absolute atomic E-state index is 12.8. The van der Waals surface area contributed by atoms with Gasteiger partial charge in [0.1, 0.15) is 0 Å². The van der Waals surface area contributed by atoms with E-state index in [1.54, 1.807) is 84.0 Å². The minimum atomic E-state index is -0.594. The van der Waals surface area contributed by atoms with E-state index in [4.69, 9.17) is 4.74 Å². The first-order valence-electron chi connectivity index (χ1n) is 10.7. The van der Waals surface area contributed by atoms with Crippen molar-refractivity contribution < 1.29 is 19.1 Å². The number of carbonyl (C=O) groups is 3. The minimum absolute atomic E-state index is 0.290. The van der Waals surface area contributed by atoms with E-state index in [2.05, 4.69) is 10.5 Å². The fourth-order valence-electron chi connectivity index (χ4n) is 3.64. The van der Waals surface area contributed by atoms with Crippen LogP contribution in [0.5, 0.6) is 0 Å². The first kappa shape index (κ1) is 22.7. The number of carbonyl (C=O) groups excluding carboxylic acids is 3. The Morgan fingerprint density at radius 1 is 0.882 bits per heavy atom. The van der Waals surface area contributed by atoms with Crippen molar-refractivity contribution in [1.82, 2.24) is 14.5 Å². The summed E-state index contributed by atoms with van der Waals surface area (Å²) in [6.45, 7) is 5.04. The molecule has 172 valence electrons. The summed E-state index contributed by atoms with van der Waals surface area (Å²) in [6.07, 6.45) is 1.70. The van der Waals surface area contributed by atoms with Crippen LogP contribution >= 0.6 is 0 Å². The molecule has 1 N–H and O–H groups in total. The van der Waals surface area contributed by atoms with E-state index in [1.807, 2.05) is 19.1 Å². The second kappa shape index (κ2) is 9.58. The number of nitrogens with one attached hydrogen (secondary N) is 1. The SMILES string of the molecule is Cc1ccnn1-c1ccc(C(=O)OCC(=O)c2cc(C)n(NC(=O)c3ccccc3)c2C)cc1. The predicted molar refractivity (Wildman–Crippen MR) is 127 cm³/mol. The van der Waals surface area contributed by atoms with Crippen LogP contribution in [0.2, 0.25) is 0 Å². The lowest BCUT2D eigenvalue weighted by molar-refractivity contribution is 0.0474. The summed E-state index contributed by atoms with van der Waals surface area (Å²) in [6, 6.07) is 19.1. The average molecular weight is 457 g/mol. The van der Waals surface area contributed by atoms with Crippen molar-refractivity contribution in [2.24, 2.45) is 0 Å². The molecule has 0 unspecified atom stereocenters. The van der Waals surface area contributed by atoms with Crippen LogP contribution in [0.15, 0.2) is 72.9 Å². The Morgan fingerprint density at radius 3 is 2.24 bits per heavy atom. The molecule has 0 saturated heterocycles. The van der Waals surface area contributed by atoms with Crippen LogP contribution in [0, 0.1) is 20.8 Å². The van der Waals surface area contributed by atoms with Crippen LogP contribution < -0.4 is 5.43 Å². The second-order valence-corrected chi connectivity index (χ2v) is 7.86. The highest BCUT2D eigenvalue weighted by Crippen LogP contribution is 2.16. The van der Waals surface area contributed by atoms with E-state index in [0.717, 1.165) is 11.4 Å². The Balaban J connectivity index is 1.40. The zero-order chi connectivity index (χ0) is 24.2. The summed E-state index contributed by atoms with van der Waals surface area (Å²) >= 11 is 0. The monoisotopic (exact) mass is 456 g/mol. The first-order chi connectivity index (χ1) is 16.3. The van der Waals surface area contributed by atoms with Gasteiger partial charge in [-0.05, 0) is 69.3 Å². The minimum Gasteiger partial charge on any atom is -0.454 e. The smallest absolute Gasteiger partial charge is 0.338 e. The molecule has 0 fully saturated rings. The number of nitrogens with zero attached hydrogens (tertiary/aromatic N) is 3. The molecule has 0 spiro atoms. The Labute approximate surface area is 196 Å². The van der Waals surface area contributed by atoms with Gasteiger partial charge >= 0.3 is 5.97 Å². The van der Waals surface area contributed by atoms with Crippen LogP contribution in [0.25, 0.3) is 5.69 Å². The van der Waals surface area contributed by atoms with Crippen LogP contribution in [0.1, 0.15) is 48.2 Å². The number of aryl methyl sites for hydroxylation is 2. The number of hydrogen-bond acceptors (Lipinski definition) is 5. The van der Waals surface area contributed by atoms with Crippen molar-refractivity contribution in [3.63, 3.8) is 0 Å². The topological polar surface area (TPSA) is 95.2 Å². The largest absolute Gasteiger partial charge is 0.454 e. The predicted octanol–water partition coefficient (Wildman–Crippen LogP) is 4.02. The van der Waals surface area contributed by atoms with Crippen LogP contribution in [-0.4, -0.2) is 38.7 Å². The molecular formula is C26H24N4O4. The third-order valence-corrected chi connectivity index (χ3v) is 5.49. The van der Waals surface area contributed by atoms with Gasteiger partial charge in [0.15, 0.2) is 6.61 Å². The lowest BCUT2D eigenvalue weighted by Crippen LogP contribution is -2.25. The number of ether oxygens (including phenoxy) is 1. The van der Waals surface area contributed by atoms with Crippen LogP contribution in [0.4, 0.5) is 0 Å². The second-order valence-electron chi connectivity index (χ2n) is 7.86. The van der Waals surface area contributed by atoms with Gasteiger partial charge in [-0.3, -0.25) is 19.7 Å². The highest BCUT2D eigenvalue weighted by atomic mass is 16.5. The first-order valence-corrected chi connectivity index (χ1v) is 10.7. The summed E-state index contributed by atoms with van der Waals surface area (Å²) in [4.78, 5) is 37.7. The highest BCUT2D eigenvalue weighted by molar-refractivity contribution is 6.02. The molecule has 4 rings (SSSR count). The molecule has 2 aromatic carbocycles. The van der Waals surface area contributed by atoms with Gasteiger partial charge in [-0.15, -0.1) is 0 Å². The van der Waals surface area contributed by atoms with Gasteiger partial charge in [0.05, 0.1) is 11.3 Å². The number of Topliss-reactive ketones (excluding diaryl/α,β-unsaturated/α-hetero) is 1. The van der Waals surface area contributed by atoms with Gasteiger partial charge in [-0.1, -0.05) is 18.2 Å². The third kappa shape index (κ3) is 4.66. The Bertz CT molecular complexity index is 1350. The summed E-state index contributed by atoms with van der Waals surface area (Å²) in [5.74, 6) is -1.24. The fraction of sp³-hybridized carbons (Fsp3) is 0.154. The van der Waals surface area contributed by atoms with E-state index < -0.39 is 12.6 Å². The molecule has 0 aliphatic carbocycles. The van der Waals surface area contributed by atoms with E-state index in [0.29, 0.717) is 28.1 Å². The number of amides is 1. The number of ketones is 1. The number of rotatable bonds is 7. The van der Waals surface area contributed by atoms with Gasteiger partial charge in [0.25, 0.3) is 5.91 Å². The highest BCUT2D eigenvalue weighted by Gasteiger charge is 2.19. The zero-order valence-electron chi connectivity index (χ0n) is 19.1. The van der Waals surface area contributed by atoms with Crippen molar-refractivity contribution in [2.45, 2.75) is 20.8 Å². The molecule has 4 aromatic rings. The Kier molecular flexibility index (Phi) is 6.40. The van der Waals surface area contributed by atoms with Gasteiger partial charge < -0.3 is 4.74 Å². The lowest BCUT2D eigenvalue weighted by Gasteiger charge is -2.12. The van der Waals surface area contributed by atoms with Crippen molar-refractivity contribution in [3.8, 4) is 5.69 Å². The van der Waals surface area contributed by atoms with Crippen molar-refractivity contribution in [1.29, 1.82) is 0 Å². The molecule has 0 atom stereocenters. The molecule has 8 heteroatoms. The molecule has 0 radical (unpaired) electrons. The Morgan fingerprint density at radius 2 is 1.59 bits per heavy atom. The van der Waals surface area contributed by atoms with Gasteiger partial charge in [0.2, 0.25) is 5.78 Å². The Hall–Kier alpha value is -4.46. The number of hydrogen-bond donors (Lipinski definition) is 1. The van der Waals surface area contributed by atoms with E-state index in [9.17, 15) is 14.4 Å². The standard InChI is InChI=1S/C26H24N4O4/c1-17-13-14-27-30(17)22-11-9-21(10-12-22)26(33)34-16-24(31)23-15-18(2)29(19(23)3)28-25(32)20-7-5-4-6-8-20/h4-15H,16H2,1-3H3,(H,28,32). The van der Waals surface area contributed by atoms with Crippen molar-refractivity contribution in [2.75, 3.05) is 12.0 Å². The third-order valence-electron chi connectivity index (χ3n) is 5.49. The van der Waals surface area contributed by atoms with Crippen molar-refractivity contribution >= 4 is 17.7 Å². The molecule has 2 heterocycles. The maximum atomic E-state index is 12.8. The quantitative estimate of drug-likeness (QED) is 0.335. The summed E-state index contributed by atoms with van der Waals surface area (Å²) in [5, 5.41) is 4.23. The number of benzene rings is 2. The summed E-state index contributed by atoms with van der Waals surface area (Å²) in [5.41, 5.74) is 7.04. The van der Waals surface area contributed by atoms with Gasteiger partial charge in [0, 0.05) is 34.4 Å². The molecule has 1 amide bonds. The van der Waals surface area contributed by atoms with Crippen LogP contribution in [-0.2, 0) is 4.74 Å². The lowest BCUT2D eigenvalue weighted by atomic mass is 10.1. The number of aromatic nitrogens is 3. The fourth-order valence-corrected chi connectivity index (χ4v) is 3.64. The van der Waals surface area contributed by atoms with E-state index in [-0.39, 0.29) is 11.7 Å². The van der Waals surface area contributed by atoms with Gasteiger partial charge in [-0.2, -0.15) is 5.10 Å². The average Bonchev–Trinajstić information content (AvgIpc) is 3.41. The molecule has 34 heavy (non-hydrogen) atoms. The maximum Gasteiger partial charge on any atom is 0.338 e. The van der Waals surface area contributed by atoms with E-state index >= 15 is 0 Å². The molecular weight excluding hydrogens is 432 g/mol. The molecule has 0 aliphatic heterocycles. The zero-order valence-corrected chi connectivity index (χ0v) is 19.1. The summed E-state index contributed by atoms with van der Waals surface area (Å²) < 4.78 is 8.56. The molecule has 0 bridgehead atoms. The van der Waals surface area contributed by atoms with Crippen LogP contribution in [0.3, 0.4) is 0 Å². The number of esters is 1. The molecule has 2 aromatic heterocycles. The van der Waals surface area contributed by atoms with E-state index in [1.165, 1.54) is 0 Å². The summed E-state index contributed by atoms with van der Waals surface area (Å²) in [7, 11) is 0. The normalized spacial score (nSPS) is 10.7. The molecule has 8 nitrogen and oxygen atoms in total. The molecule has 0 aliphatic rings. The van der Waals surface area contributed by atoms with Crippen molar-refractivity contribution in [3.05, 3.63) is 107 Å². The molecule has 0 saturated carbocycles. The van der Waals surface area contributed by atoms with Gasteiger partial charge in [-0.25, -0.2) is 9.48 Å².